The van der Waals surface area contributed by atoms with Crippen LogP contribution in [0.4, 0.5) is 17.2 Å². The Kier molecular flexibility index (Phi) is 4.72. The molecule has 3 N–H and O–H groups in total. The Bertz CT molecular complexity index is 626. The van der Waals surface area contributed by atoms with E-state index in [1.165, 1.54) is 19.4 Å². The van der Waals surface area contributed by atoms with Crippen molar-refractivity contribution in [1.29, 1.82) is 0 Å². The lowest BCUT2D eigenvalue weighted by atomic mass is 10.2. The van der Waals surface area contributed by atoms with Crippen LogP contribution in [0.3, 0.4) is 0 Å². The Labute approximate surface area is 121 Å². The van der Waals surface area contributed by atoms with Gasteiger partial charge in [0.05, 0.1) is 49.6 Å². The van der Waals surface area contributed by atoms with Gasteiger partial charge in [0.15, 0.2) is 0 Å². The molecule has 0 fully saturated rings. The van der Waals surface area contributed by atoms with Crippen molar-refractivity contribution in [2.45, 2.75) is 6.54 Å². The highest BCUT2D eigenvalue weighted by Crippen LogP contribution is 2.19. The number of ether oxygens (including phenoxy) is 2. The van der Waals surface area contributed by atoms with E-state index in [1.807, 2.05) is 6.20 Å². The van der Waals surface area contributed by atoms with Crippen LogP contribution < -0.4 is 11.1 Å². The molecule has 0 aromatic carbocycles. The van der Waals surface area contributed by atoms with Gasteiger partial charge in [0, 0.05) is 13.3 Å². The van der Waals surface area contributed by atoms with E-state index in [4.69, 9.17) is 10.5 Å². The Balaban J connectivity index is 2.12. The average molecular weight is 291 g/mol. The van der Waals surface area contributed by atoms with Crippen molar-refractivity contribution in [2.24, 2.45) is 0 Å². The highest BCUT2D eigenvalue weighted by molar-refractivity contribution is 5.95. The van der Waals surface area contributed by atoms with E-state index >= 15 is 0 Å². The molecule has 2 aromatic rings. The number of rotatable bonds is 6. The van der Waals surface area contributed by atoms with Gasteiger partial charge in [0.1, 0.15) is 5.82 Å². The Morgan fingerprint density at radius 2 is 2.24 bits per heavy atom. The largest absolute Gasteiger partial charge is 0.465 e. The van der Waals surface area contributed by atoms with Gasteiger partial charge in [-0.25, -0.2) is 9.78 Å². The van der Waals surface area contributed by atoms with Crippen molar-refractivity contribution in [3.05, 3.63) is 30.2 Å². The second-order valence-electron chi connectivity index (χ2n) is 4.26. The number of carbonyl (C=O) groups excluding carboxylic acids is 1. The fourth-order valence-corrected chi connectivity index (χ4v) is 1.70. The fourth-order valence-electron chi connectivity index (χ4n) is 1.70. The third kappa shape index (κ3) is 3.69. The van der Waals surface area contributed by atoms with Gasteiger partial charge < -0.3 is 20.5 Å². The van der Waals surface area contributed by atoms with E-state index in [2.05, 4.69) is 20.1 Å². The summed E-state index contributed by atoms with van der Waals surface area (Å²) in [6.07, 6.45) is 4.88. The maximum atomic E-state index is 11.6. The predicted molar refractivity (Wildman–Crippen MR) is 77.4 cm³/mol. The minimum Gasteiger partial charge on any atom is -0.465 e. The zero-order chi connectivity index (χ0) is 15.2. The van der Waals surface area contributed by atoms with Crippen molar-refractivity contribution in [3.8, 4) is 0 Å². The molecule has 0 spiro atoms. The summed E-state index contributed by atoms with van der Waals surface area (Å²) in [6, 6.07) is 1.54. The number of nitrogens with zero attached hydrogens (tertiary/aromatic N) is 3. The van der Waals surface area contributed by atoms with E-state index < -0.39 is 5.97 Å². The lowest BCUT2D eigenvalue weighted by Crippen LogP contribution is -2.07. The number of nitrogens with one attached hydrogen (secondary N) is 1. The summed E-state index contributed by atoms with van der Waals surface area (Å²) in [5.41, 5.74) is 6.98. The van der Waals surface area contributed by atoms with E-state index in [0.717, 1.165) is 5.69 Å². The third-order valence-corrected chi connectivity index (χ3v) is 2.77. The monoisotopic (exact) mass is 291 g/mol. The predicted octanol–water partition coefficient (Wildman–Crippen LogP) is 1.04. The molecular weight excluding hydrogens is 274 g/mol. The van der Waals surface area contributed by atoms with Gasteiger partial charge in [-0.1, -0.05) is 0 Å². The number of aromatic nitrogens is 3. The number of nitrogen functional groups attached to an aromatic ring is 1. The smallest absolute Gasteiger partial charge is 0.340 e. The minimum absolute atomic E-state index is 0.266. The summed E-state index contributed by atoms with van der Waals surface area (Å²) in [5.74, 6) is -0.0235. The molecule has 2 heterocycles. The number of hydrogen-bond acceptors (Lipinski definition) is 7. The number of methoxy groups -OCH3 is 2. The molecule has 0 aliphatic carbocycles. The fraction of sp³-hybridized carbons (Fsp3) is 0.308. The van der Waals surface area contributed by atoms with Crippen molar-refractivity contribution in [3.63, 3.8) is 0 Å². The van der Waals surface area contributed by atoms with Gasteiger partial charge in [-0.05, 0) is 6.07 Å². The molecule has 0 aliphatic rings. The van der Waals surface area contributed by atoms with Crippen LogP contribution in [-0.2, 0) is 16.0 Å². The quantitative estimate of drug-likeness (QED) is 0.766. The molecule has 0 radical (unpaired) electrons. The maximum absolute atomic E-state index is 11.6. The number of anilines is 3. The van der Waals surface area contributed by atoms with Crippen LogP contribution in [0.2, 0.25) is 0 Å². The number of pyridine rings is 1. The molecule has 0 aliphatic heterocycles. The summed E-state index contributed by atoms with van der Waals surface area (Å²) in [7, 11) is 2.93. The van der Waals surface area contributed by atoms with Gasteiger partial charge >= 0.3 is 5.97 Å². The minimum atomic E-state index is -0.506. The first kappa shape index (κ1) is 14.8. The highest BCUT2D eigenvalue weighted by atomic mass is 16.5. The highest BCUT2D eigenvalue weighted by Gasteiger charge is 2.12. The van der Waals surface area contributed by atoms with Crippen LogP contribution in [0.5, 0.6) is 0 Å². The Hall–Kier alpha value is -2.61. The maximum Gasteiger partial charge on any atom is 0.340 e. The normalized spacial score (nSPS) is 10.4. The second-order valence-corrected chi connectivity index (χ2v) is 4.26. The second kappa shape index (κ2) is 6.71. The molecule has 8 heteroatoms. The number of carbonyl (C=O) groups is 1. The molecule has 112 valence electrons. The van der Waals surface area contributed by atoms with E-state index in [1.54, 1.807) is 18.0 Å². The van der Waals surface area contributed by atoms with Crippen LogP contribution in [0.1, 0.15) is 10.4 Å². The van der Waals surface area contributed by atoms with Crippen molar-refractivity contribution < 1.29 is 14.3 Å². The molecule has 8 nitrogen and oxygen atoms in total. The van der Waals surface area contributed by atoms with Gasteiger partial charge in [0.25, 0.3) is 0 Å². The van der Waals surface area contributed by atoms with Gasteiger partial charge in [-0.15, -0.1) is 0 Å². The van der Waals surface area contributed by atoms with Crippen LogP contribution >= 0.6 is 0 Å². The van der Waals surface area contributed by atoms with Gasteiger partial charge in [0.2, 0.25) is 0 Å². The summed E-state index contributed by atoms with van der Waals surface area (Å²) in [6.45, 7) is 1.23. The lowest BCUT2D eigenvalue weighted by Gasteiger charge is -2.07. The molecule has 0 bridgehead atoms. The summed E-state index contributed by atoms with van der Waals surface area (Å²) in [5, 5.41) is 7.22. The summed E-state index contributed by atoms with van der Waals surface area (Å²) in [4.78, 5) is 15.7. The number of esters is 1. The molecule has 0 unspecified atom stereocenters. The van der Waals surface area contributed by atoms with Gasteiger partial charge in [-0.2, -0.15) is 5.10 Å². The lowest BCUT2D eigenvalue weighted by molar-refractivity contribution is 0.0602. The summed E-state index contributed by atoms with van der Waals surface area (Å²) < 4.78 is 11.4. The first-order chi connectivity index (χ1) is 10.1. The standard InChI is InChI=1S/C13H17N5O3/c1-20-4-3-18-8-9(6-16-18)17-12-5-10(13(19)21-2)11(14)7-15-12/h5-8H,3-4,14H2,1-2H3,(H,15,17). The van der Waals surface area contributed by atoms with Crippen LogP contribution in [0, 0.1) is 0 Å². The Morgan fingerprint density at radius 3 is 2.95 bits per heavy atom. The molecule has 0 amide bonds. The van der Waals surface area contributed by atoms with Crippen LogP contribution in [0.25, 0.3) is 0 Å². The van der Waals surface area contributed by atoms with Crippen LogP contribution in [-0.4, -0.2) is 41.6 Å². The molecule has 0 saturated heterocycles. The number of hydrogen-bond donors (Lipinski definition) is 2. The van der Waals surface area contributed by atoms with Crippen LogP contribution in [0.15, 0.2) is 24.7 Å². The van der Waals surface area contributed by atoms with Crippen molar-refractivity contribution >= 4 is 23.2 Å². The van der Waals surface area contributed by atoms with E-state index in [-0.39, 0.29) is 11.3 Å². The molecule has 0 saturated carbocycles. The van der Waals surface area contributed by atoms with Gasteiger partial charge in [-0.3, -0.25) is 4.68 Å². The molecule has 2 rings (SSSR count). The topological polar surface area (TPSA) is 104 Å². The first-order valence-electron chi connectivity index (χ1n) is 6.26. The third-order valence-electron chi connectivity index (χ3n) is 2.77. The van der Waals surface area contributed by atoms with E-state index in [9.17, 15) is 4.79 Å². The average Bonchev–Trinajstić information content (AvgIpc) is 2.93. The zero-order valence-electron chi connectivity index (χ0n) is 11.9. The number of nitrogens with two attached hydrogens (primary N) is 1. The molecule has 0 atom stereocenters. The van der Waals surface area contributed by atoms with Crippen molar-refractivity contribution in [2.75, 3.05) is 31.9 Å². The molecule has 2 aromatic heterocycles. The first-order valence-corrected chi connectivity index (χ1v) is 6.26. The SMILES string of the molecule is COCCn1cc(Nc2cc(C(=O)OC)c(N)cn2)cn1. The zero-order valence-corrected chi connectivity index (χ0v) is 11.9. The Morgan fingerprint density at radius 1 is 1.43 bits per heavy atom. The molecular formula is C13H17N5O3. The summed E-state index contributed by atoms with van der Waals surface area (Å²) >= 11 is 0. The molecule has 21 heavy (non-hydrogen) atoms. The van der Waals surface area contributed by atoms with E-state index in [0.29, 0.717) is 19.0 Å². The van der Waals surface area contributed by atoms with Crippen molar-refractivity contribution in [1.82, 2.24) is 14.8 Å².